The summed E-state index contributed by atoms with van der Waals surface area (Å²) >= 11 is 0. The van der Waals surface area contributed by atoms with Crippen molar-refractivity contribution < 1.29 is 24.5 Å². The first-order chi connectivity index (χ1) is 15.0. The number of aliphatic hydroxyl groups excluding tert-OH is 2. The molecule has 5 rings (SSSR count). The van der Waals surface area contributed by atoms with Gasteiger partial charge < -0.3 is 25.4 Å². The van der Waals surface area contributed by atoms with Gasteiger partial charge in [-0.1, -0.05) is 30.3 Å². The monoisotopic (exact) mass is 421 g/mol. The fourth-order valence-electron chi connectivity index (χ4n) is 3.71. The number of aliphatic hydroxyl groups is 2. The van der Waals surface area contributed by atoms with Gasteiger partial charge in [-0.25, -0.2) is 19.7 Å². The molecular formula is C21H19N5O5. The van der Waals surface area contributed by atoms with Gasteiger partial charge in [0.2, 0.25) is 0 Å². The summed E-state index contributed by atoms with van der Waals surface area (Å²) in [6.07, 6.45) is -1.78. The first kappa shape index (κ1) is 19.4. The van der Waals surface area contributed by atoms with Gasteiger partial charge in [0, 0.05) is 0 Å². The van der Waals surface area contributed by atoms with Crippen molar-refractivity contribution in [1.82, 2.24) is 19.5 Å². The Hall–Kier alpha value is -3.60. The maximum Gasteiger partial charge on any atom is 0.338 e. The largest absolute Gasteiger partial charge is 0.459 e. The number of esters is 1. The van der Waals surface area contributed by atoms with Gasteiger partial charge in [-0.2, -0.15) is 0 Å². The molecular weight excluding hydrogens is 402 g/mol. The van der Waals surface area contributed by atoms with Crippen LogP contribution in [0, 0.1) is 0 Å². The number of carbonyl (C=O) groups excluding carboxylic acids is 1. The van der Waals surface area contributed by atoms with E-state index in [1.165, 1.54) is 17.2 Å². The molecule has 1 aliphatic rings. The van der Waals surface area contributed by atoms with E-state index in [1.54, 1.807) is 12.1 Å². The molecule has 10 nitrogen and oxygen atoms in total. The summed E-state index contributed by atoms with van der Waals surface area (Å²) < 4.78 is 12.6. The predicted molar refractivity (Wildman–Crippen MR) is 110 cm³/mol. The number of benzene rings is 2. The molecule has 1 saturated heterocycles. The number of nitrogens with zero attached hydrogens (tertiary/aromatic N) is 4. The van der Waals surface area contributed by atoms with Gasteiger partial charge in [0.05, 0.1) is 11.9 Å². The van der Waals surface area contributed by atoms with Crippen LogP contribution in [0.2, 0.25) is 0 Å². The zero-order chi connectivity index (χ0) is 21.5. The molecule has 0 aliphatic carbocycles. The number of rotatable bonds is 4. The number of carbonyl (C=O) groups is 1. The average molecular weight is 421 g/mol. The van der Waals surface area contributed by atoms with E-state index in [1.807, 2.05) is 30.3 Å². The van der Waals surface area contributed by atoms with Crippen molar-refractivity contribution in [2.45, 2.75) is 24.5 Å². The molecule has 4 aromatic rings. The van der Waals surface area contributed by atoms with Crippen LogP contribution < -0.4 is 5.73 Å². The summed E-state index contributed by atoms with van der Waals surface area (Å²) in [7, 11) is 0. The molecule has 4 atom stereocenters. The fourth-order valence-corrected chi connectivity index (χ4v) is 3.71. The van der Waals surface area contributed by atoms with Crippen LogP contribution >= 0.6 is 0 Å². The summed E-state index contributed by atoms with van der Waals surface area (Å²) in [5, 5.41) is 22.8. The SMILES string of the molecule is Nc1ncnc2c1ncn2C1O[C@H](COC(=O)c2ccc3ccccc3c2)[C@@H](O)[C@H]1O. The molecule has 0 bridgehead atoms. The molecule has 2 aromatic carbocycles. The highest BCUT2D eigenvalue weighted by Crippen LogP contribution is 2.32. The Balaban J connectivity index is 1.30. The molecule has 2 aromatic heterocycles. The number of aromatic nitrogens is 4. The second-order valence-electron chi connectivity index (χ2n) is 7.29. The minimum atomic E-state index is -1.28. The van der Waals surface area contributed by atoms with Crippen LogP contribution in [0.1, 0.15) is 16.6 Å². The molecule has 158 valence electrons. The van der Waals surface area contributed by atoms with E-state index in [2.05, 4.69) is 15.0 Å². The number of hydrogen-bond acceptors (Lipinski definition) is 9. The quantitative estimate of drug-likeness (QED) is 0.411. The summed E-state index contributed by atoms with van der Waals surface area (Å²) in [6.45, 7) is -0.232. The second kappa shape index (κ2) is 7.58. The Morgan fingerprint density at radius 2 is 1.90 bits per heavy atom. The van der Waals surface area contributed by atoms with Crippen LogP contribution in [-0.4, -0.2) is 60.6 Å². The minimum absolute atomic E-state index is 0.192. The van der Waals surface area contributed by atoms with E-state index in [9.17, 15) is 15.0 Å². The van der Waals surface area contributed by atoms with Crippen molar-refractivity contribution in [1.29, 1.82) is 0 Å². The molecule has 4 N–H and O–H groups in total. The summed E-state index contributed by atoms with van der Waals surface area (Å²) in [6, 6.07) is 12.9. The summed E-state index contributed by atoms with van der Waals surface area (Å²) in [4.78, 5) is 24.6. The number of nitrogens with two attached hydrogens (primary N) is 1. The lowest BCUT2D eigenvalue weighted by molar-refractivity contribution is -0.0565. The maximum atomic E-state index is 12.5. The number of ether oxygens (including phenoxy) is 2. The van der Waals surface area contributed by atoms with E-state index >= 15 is 0 Å². The molecule has 1 aliphatic heterocycles. The number of anilines is 1. The average Bonchev–Trinajstić information content (AvgIpc) is 3.34. The van der Waals surface area contributed by atoms with Crippen molar-refractivity contribution in [3.63, 3.8) is 0 Å². The van der Waals surface area contributed by atoms with Crippen LogP contribution in [0.25, 0.3) is 21.9 Å². The highest BCUT2D eigenvalue weighted by Gasteiger charge is 2.45. The highest BCUT2D eigenvalue weighted by molar-refractivity contribution is 5.95. The molecule has 1 unspecified atom stereocenters. The Bertz CT molecular complexity index is 1280. The molecule has 10 heteroatoms. The fraction of sp³-hybridized carbons (Fsp3) is 0.238. The van der Waals surface area contributed by atoms with Gasteiger partial charge in [-0.05, 0) is 22.9 Å². The Morgan fingerprint density at radius 1 is 1.10 bits per heavy atom. The molecule has 1 fully saturated rings. The third-order valence-electron chi connectivity index (χ3n) is 5.36. The van der Waals surface area contributed by atoms with E-state index in [0.29, 0.717) is 16.7 Å². The Kier molecular flexibility index (Phi) is 4.74. The molecule has 0 saturated carbocycles. The zero-order valence-corrected chi connectivity index (χ0v) is 16.2. The van der Waals surface area contributed by atoms with Crippen molar-refractivity contribution in [3.8, 4) is 0 Å². The van der Waals surface area contributed by atoms with Gasteiger partial charge in [-0.15, -0.1) is 0 Å². The van der Waals surface area contributed by atoms with Gasteiger partial charge in [0.25, 0.3) is 0 Å². The zero-order valence-electron chi connectivity index (χ0n) is 16.2. The normalized spacial score (nSPS) is 23.4. The lowest BCUT2D eigenvalue weighted by Crippen LogP contribution is -2.34. The maximum absolute atomic E-state index is 12.5. The minimum Gasteiger partial charge on any atom is -0.459 e. The molecule has 3 heterocycles. The van der Waals surface area contributed by atoms with Crippen molar-refractivity contribution in [3.05, 3.63) is 60.7 Å². The molecule has 31 heavy (non-hydrogen) atoms. The number of imidazole rings is 1. The van der Waals surface area contributed by atoms with Crippen molar-refractivity contribution in [2.75, 3.05) is 12.3 Å². The third kappa shape index (κ3) is 3.36. The number of nitrogen functional groups attached to an aromatic ring is 1. The van der Waals surface area contributed by atoms with Gasteiger partial charge >= 0.3 is 5.97 Å². The first-order valence-corrected chi connectivity index (χ1v) is 9.63. The van der Waals surface area contributed by atoms with Crippen molar-refractivity contribution >= 4 is 33.7 Å². The van der Waals surface area contributed by atoms with E-state index in [0.717, 1.165) is 10.8 Å². The second-order valence-corrected chi connectivity index (χ2v) is 7.29. The Labute approximate surface area is 175 Å². The van der Waals surface area contributed by atoms with Gasteiger partial charge in [0.15, 0.2) is 17.7 Å². The van der Waals surface area contributed by atoms with E-state index < -0.39 is 30.5 Å². The van der Waals surface area contributed by atoms with Crippen LogP contribution in [0.15, 0.2) is 55.1 Å². The highest BCUT2D eigenvalue weighted by atomic mass is 16.6. The standard InChI is InChI=1S/C21H19N5O5/c22-18-15-19(24-9-23-18)26(10-25-15)20-17(28)16(27)14(31-20)8-30-21(29)13-6-5-11-3-1-2-4-12(11)7-13/h1-7,9-10,14,16-17,20,27-28H,8H2,(H2,22,23,24)/t14-,16-,17-,20?/m1/s1. The molecule has 0 spiro atoms. The van der Waals surface area contributed by atoms with Crippen LogP contribution in [0.5, 0.6) is 0 Å². The lowest BCUT2D eigenvalue weighted by Gasteiger charge is -2.16. The molecule has 0 amide bonds. The van der Waals surface area contributed by atoms with Gasteiger partial charge in [0.1, 0.15) is 36.8 Å². The van der Waals surface area contributed by atoms with Crippen molar-refractivity contribution in [2.24, 2.45) is 0 Å². The van der Waals surface area contributed by atoms with E-state index in [4.69, 9.17) is 15.2 Å². The topological polar surface area (TPSA) is 146 Å². The molecule has 0 radical (unpaired) electrons. The van der Waals surface area contributed by atoms with E-state index in [-0.39, 0.29) is 12.4 Å². The van der Waals surface area contributed by atoms with Crippen LogP contribution in [0.4, 0.5) is 5.82 Å². The van der Waals surface area contributed by atoms with Crippen LogP contribution in [0.3, 0.4) is 0 Å². The summed E-state index contributed by atoms with van der Waals surface area (Å²) in [5.74, 6) is -0.356. The third-order valence-corrected chi connectivity index (χ3v) is 5.36. The summed E-state index contributed by atoms with van der Waals surface area (Å²) in [5.41, 5.74) is 6.90. The predicted octanol–water partition coefficient (Wildman–Crippen LogP) is 1.04. The number of fused-ring (bicyclic) bond motifs is 2. The van der Waals surface area contributed by atoms with Crippen LogP contribution in [-0.2, 0) is 9.47 Å². The van der Waals surface area contributed by atoms with Gasteiger partial charge in [-0.3, -0.25) is 4.57 Å². The Morgan fingerprint density at radius 3 is 2.74 bits per heavy atom. The number of hydrogen-bond donors (Lipinski definition) is 3. The smallest absolute Gasteiger partial charge is 0.338 e. The lowest BCUT2D eigenvalue weighted by atomic mass is 10.1. The first-order valence-electron chi connectivity index (χ1n) is 9.63.